The number of carbonyl (C=O) groups is 1. The lowest BCUT2D eigenvalue weighted by molar-refractivity contribution is -0.181. The van der Waals surface area contributed by atoms with Crippen LogP contribution in [0.1, 0.15) is 43.5 Å². The number of hydrogen-bond acceptors (Lipinski definition) is 4. The van der Waals surface area contributed by atoms with E-state index < -0.39 is 63.1 Å². The summed E-state index contributed by atoms with van der Waals surface area (Å²) in [4.78, 5) is 12.2. The molecule has 0 radical (unpaired) electrons. The number of rotatable bonds is 8. The number of nitrogens with one attached hydrogen (secondary N) is 2. The third kappa shape index (κ3) is 6.58. The molecule has 6 nitrogen and oxygen atoms in total. The van der Waals surface area contributed by atoms with E-state index in [0.717, 1.165) is 6.26 Å². The molecule has 1 amide bonds. The van der Waals surface area contributed by atoms with Gasteiger partial charge in [-0.05, 0) is 44.9 Å². The molecule has 0 saturated carbocycles. The molecule has 12 heteroatoms. The molecule has 0 fully saturated rings. The summed E-state index contributed by atoms with van der Waals surface area (Å²) in [6.07, 6.45) is -3.86. The summed E-state index contributed by atoms with van der Waals surface area (Å²) < 4.78 is 98.3. The van der Waals surface area contributed by atoms with Gasteiger partial charge in [-0.1, -0.05) is 12.1 Å². The normalized spacial score (nSPS) is 13.4. The second-order valence-corrected chi connectivity index (χ2v) is 10.2. The molecular weight excluding hydrogens is 483 g/mol. The minimum atomic E-state index is -4.88. The summed E-state index contributed by atoms with van der Waals surface area (Å²) >= 11 is 0. The number of aryl methyl sites for hydroxylation is 1. The van der Waals surface area contributed by atoms with Crippen LogP contribution in [0.3, 0.4) is 0 Å². The molecule has 2 aromatic rings. The standard InChI is InChI=1S/C22H25F5N2O4S/c1-12-8-14(6-7-18(12)29-34(5,31)32)13(2)28-19(30)11-33-15-9-16(23)20(17(24)10-15)21(3,4)22(25,26)27/h6-10,13,29H,11H2,1-5H3,(H,28,30)/t13-/m1/s1. The maximum absolute atomic E-state index is 14.3. The molecular formula is C22H25F5N2O4S. The quantitative estimate of drug-likeness (QED) is 0.505. The molecule has 0 bridgehead atoms. The summed E-state index contributed by atoms with van der Waals surface area (Å²) in [7, 11) is -3.46. The topological polar surface area (TPSA) is 84.5 Å². The minimum Gasteiger partial charge on any atom is -0.484 e. The summed E-state index contributed by atoms with van der Waals surface area (Å²) in [6, 6.07) is 5.49. The highest BCUT2D eigenvalue weighted by Gasteiger charge is 2.51. The highest BCUT2D eigenvalue weighted by atomic mass is 32.2. The molecule has 0 aromatic heterocycles. The average molecular weight is 509 g/mol. The third-order valence-electron chi connectivity index (χ3n) is 5.14. The molecule has 0 heterocycles. The largest absolute Gasteiger partial charge is 0.484 e. The Balaban J connectivity index is 2.06. The van der Waals surface area contributed by atoms with Crippen molar-refractivity contribution in [3.63, 3.8) is 0 Å². The van der Waals surface area contributed by atoms with Crippen molar-refractivity contribution >= 4 is 21.6 Å². The number of alkyl halides is 3. The van der Waals surface area contributed by atoms with Crippen molar-refractivity contribution in [2.75, 3.05) is 17.6 Å². The second kappa shape index (κ2) is 9.77. The lowest BCUT2D eigenvalue weighted by Crippen LogP contribution is -2.38. The van der Waals surface area contributed by atoms with E-state index in [9.17, 15) is 35.2 Å². The van der Waals surface area contributed by atoms with Crippen LogP contribution in [0.2, 0.25) is 0 Å². The first-order valence-electron chi connectivity index (χ1n) is 9.99. The Kier molecular flexibility index (Phi) is 7.86. The van der Waals surface area contributed by atoms with E-state index in [1.54, 1.807) is 32.0 Å². The van der Waals surface area contributed by atoms with Gasteiger partial charge >= 0.3 is 6.18 Å². The zero-order chi connectivity index (χ0) is 26.1. The Bertz CT molecular complexity index is 1160. The minimum absolute atomic E-state index is 0.384. The van der Waals surface area contributed by atoms with Crippen LogP contribution >= 0.6 is 0 Å². The summed E-state index contributed by atoms with van der Waals surface area (Å²) in [6.45, 7) is 4.02. The molecule has 1 atom stereocenters. The fraction of sp³-hybridized carbons (Fsp3) is 0.409. The number of ether oxygens (including phenoxy) is 1. The second-order valence-electron chi connectivity index (χ2n) is 8.41. The fourth-order valence-electron chi connectivity index (χ4n) is 3.16. The van der Waals surface area contributed by atoms with Crippen LogP contribution in [-0.4, -0.2) is 33.4 Å². The number of halogens is 5. The van der Waals surface area contributed by atoms with Gasteiger partial charge < -0.3 is 10.1 Å². The molecule has 0 aliphatic heterocycles. The first-order chi connectivity index (χ1) is 15.4. The molecule has 34 heavy (non-hydrogen) atoms. The van der Waals surface area contributed by atoms with Gasteiger partial charge in [0.1, 0.15) is 17.4 Å². The smallest absolute Gasteiger partial charge is 0.398 e. The Labute approximate surface area is 194 Å². The van der Waals surface area contributed by atoms with E-state index >= 15 is 0 Å². The van der Waals surface area contributed by atoms with Crippen LogP contribution in [-0.2, 0) is 20.2 Å². The Morgan fingerprint density at radius 3 is 2.12 bits per heavy atom. The molecule has 0 aliphatic carbocycles. The van der Waals surface area contributed by atoms with Crippen molar-refractivity contribution in [2.24, 2.45) is 0 Å². The van der Waals surface area contributed by atoms with E-state index in [-0.39, 0.29) is 0 Å². The highest BCUT2D eigenvalue weighted by molar-refractivity contribution is 7.92. The van der Waals surface area contributed by atoms with Crippen molar-refractivity contribution in [1.82, 2.24) is 5.32 Å². The van der Waals surface area contributed by atoms with E-state index in [1.807, 2.05) is 0 Å². The van der Waals surface area contributed by atoms with Crippen LogP contribution in [0, 0.1) is 18.6 Å². The average Bonchev–Trinajstić information content (AvgIpc) is 2.65. The predicted octanol–water partition coefficient (Wildman–Crippen LogP) is 4.74. The monoisotopic (exact) mass is 508 g/mol. The number of hydrogen-bond donors (Lipinski definition) is 2. The molecule has 188 valence electrons. The first kappa shape index (κ1) is 27.4. The SMILES string of the molecule is Cc1cc([C@@H](C)NC(=O)COc2cc(F)c(C(C)(C)C(F)(F)F)c(F)c2)ccc1NS(C)(=O)=O. The molecule has 0 saturated heterocycles. The van der Waals surface area contributed by atoms with Crippen molar-refractivity contribution in [2.45, 2.75) is 45.3 Å². The van der Waals surface area contributed by atoms with Gasteiger partial charge in [0.2, 0.25) is 10.0 Å². The van der Waals surface area contributed by atoms with Crippen LogP contribution in [0.25, 0.3) is 0 Å². The van der Waals surface area contributed by atoms with Gasteiger partial charge in [-0.25, -0.2) is 17.2 Å². The molecule has 2 rings (SSSR count). The van der Waals surface area contributed by atoms with Crippen LogP contribution in [0.4, 0.5) is 27.6 Å². The van der Waals surface area contributed by atoms with Crippen LogP contribution in [0.15, 0.2) is 30.3 Å². The fourth-order valence-corrected chi connectivity index (χ4v) is 3.79. The van der Waals surface area contributed by atoms with Crippen molar-refractivity contribution in [3.8, 4) is 5.75 Å². The van der Waals surface area contributed by atoms with Gasteiger partial charge in [0, 0.05) is 17.7 Å². The van der Waals surface area contributed by atoms with Gasteiger partial charge in [0.25, 0.3) is 5.91 Å². The predicted molar refractivity (Wildman–Crippen MR) is 117 cm³/mol. The number of sulfonamides is 1. The van der Waals surface area contributed by atoms with Gasteiger partial charge in [-0.3, -0.25) is 9.52 Å². The number of carbonyl (C=O) groups excluding carboxylic acids is 1. The lowest BCUT2D eigenvalue weighted by Gasteiger charge is -2.29. The van der Waals surface area contributed by atoms with Crippen molar-refractivity contribution < 1.29 is 39.9 Å². The van der Waals surface area contributed by atoms with E-state index in [0.29, 0.717) is 42.8 Å². The zero-order valence-corrected chi connectivity index (χ0v) is 19.9. The summed E-state index contributed by atoms with van der Waals surface area (Å²) in [5.74, 6) is -3.97. The summed E-state index contributed by atoms with van der Waals surface area (Å²) in [5, 5.41) is 2.61. The van der Waals surface area contributed by atoms with E-state index in [1.165, 1.54) is 0 Å². The maximum atomic E-state index is 14.3. The number of anilines is 1. The molecule has 0 unspecified atom stereocenters. The van der Waals surface area contributed by atoms with E-state index in [4.69, 9.17) is 4.74 Å². The van der Waals surface area contributed by atoms with Crippen LogP contribution < -0.4 is 14.8 Å². The van der Waals surface area contributed by atoms with Gasteiger partial charge in [0.15, 0.2) is 6.61 Å². The Morgan fingerprint density at radius 2 is 1.65 bits per heavy atom. The number of amides is 1. The van der Waals surface area contributed by atoms with Crippen molar-refractivity contribution in [3.05, 3.63) is 58.7 Å². The Morgan fingerprint density at radius 1 is 1.09 bits per heavy atom. The lowest BCUT2D eigenvalue weighted by atomic mass is 9.83. The van der Waals surface area contributed by atoms with Crippen molar-refractivity contribution in [1.29, 1.82) is 0 Å². The molecule has 2 N–H and O–H groups in total. The zero-order valence-electron chi connectivity index (χ0n) is 19.1. The van der Waals surface area contributed by atoms with Gasteiger partial charge in [0.05, 0.1) is 23.4 Å². The maximum Gasteiger partial charge on any atom is 0.398 e. The first-order valence-corrected chi connectivity index (χ1v) is 11.9. The molecule has 2 aromatic carbocycles. The Hall–Kier alpha value is -2.89. The summed E-state index contributed by atoms with van der Waals surface area (Å²) in [5.41, 5.74) is -2.26. The van der Waals surface area contributed by atoms with Gasteiger partial charge in [-0.2, -0.15) is 13.2 Å². The third-order valence-corrected chi connectivity index (χ3v) is 5.73. The van der Waals surface area contributed by atoms with E-state index in [2.05, 4.69) is 10.0 Å². The molecule has 0 aliphatic rings. The number of benzene rings is 2. The highest BCUT2D eigenvalue weighted by Crippen LogP contribution is 2.43. The van der Waals surface area contributed by atoms with Gasteiger partial charge in [-0.15, -0.1) is 0 Å². The van der Waals surface area contributed by atoms with Crippen LogP contribution in [0.5, 0.6) is 5.75 Å². The molecule has 0 spiro atoms.